The molecule has 0 aliphatic heterocycles. The zero-order valence-corrected chi connectivity index (χ0v) is 16.1. The van der Waals surface area contributed by atoms with Gasteiger partial charge in [0.2, 0.25) is 5.75 Å². The molecular weight excluding hydrogens is 378 g/mol. The number of alkyl carbamates (subject to hydrolysis) is 1. The molecule has 1 aromatic heterocycles. The fourth-order valence-electron chi connectivity index (χ4n) is 3.46. The van der Waals surface area contributed by atoms with Crippen molar-refractivity contribution >= 4 is 12.1 Å². The highest BCUT2D eigenvalue weighted by Gasteiger charge is 2.39. The maximum atomic E-state index is 12.5. The number of methoxy groups -OCH3 is 1. The molecule has 29 heavy (non-hydrogen) atoms. The minimum atomic E-state index is -1.01. The van der Waals surface area contributed by atoms with Gasteiger partial charge in [0.05, 0.1) is 7.11 Å². The molecule has 0 saturated heterocycles. The lowest BCUT2D eigenvalue weighted by Crippen LogP contribution is -2.49. The van der Waals surface area contributed by atoms with Crippen molar-refractivity contribution in [1.29, 1.82) is 0 Å². The number of rotatable bonds is 5. The van der Waals surface area contributed by atoms with Crippen LogP contribution in [0.3, 0.4) is 0 Å². The lowest BCUT2D eigenvalue weighted by atomic mass is 9.81. The van der Waals surface area contributed by atoms with Crippen LogP contribution in [0.2, 0.25) is 0 Å². The molecule has 1 fully saturated rings. The number of nitrogens with one attached hydrogen (secondary N) is 2. The van der Waals surface area contributed by atoms with Gasteiger partial charge in [0.1, 0.15) is 18.0 Å². The Balaban J connectivity index is 1.87. The summed E-state index contributed by atoms with van der Waals surface area (Å²) in [5.74, 6) is -1.66. The number of ether oxygens (including phenoxy) is 2. The topological polar surface area (TPSA) is 131 Å². The highest BCUT2D eigenvalue weighted by Crippen LogP contribution is 2.35. The first kappa shape index (κ1) is 20.4. The molecule has 2 aromatic rings. The molecule has 1 heterocycles. The van der Waals surface area contributed by atoms with E-state index in [2.05, 4.69) is 20.0 Å². The van der Waals surface area contributed by atoms with Crippen LogP contribution in [0, 0.1) is 0 Å². The molecule has 9 heteroatoms. The number of carbonyl (C=O) groups is 2. The van der Waals surface area contributed by atoms with E-state index in [1.54, 1.807) is 0 Å². The maximum absolute atomic E-state index is 12.5. The largest absolute Gasteiger partial charge is 0.501 e. The third-order valence-corrected chi connectivity index (χ3v) is 4.99. The van der Waals surface area contributed by atoms with Gasteiger partial charge < -0.3 is 24.9 Å². The lowest BCUT2D eigenvalue weighted by Gasteiger charge is -2.36. The average Bonchev–Trinajstić information content (AvgIpc) is 2.75. The van der Waals surface area contributed by atoms with Crippen molar-refractivity contribution in [2.24, 2.45) is 0 Å². The summed E-state index contributed by atoms with van der Waals surface area (Å²) in [7, 11) is 1.12. The molecule has 1 amide bonds. The second-order valence-corrected chi connectivity index (χ2v) is 6.93. The van der Waals surface area contributed by atoms with Crippen molar-refractivity contribution in [2.45, 2.75) is 44.2 Å². The third-order valence-electron chi connectivity index (χ3n) is 4.99. The predicted molar refractivity (Wildman–Crippen MR) is 102 cm³/mol. The number of amides is 1. The summed E-state index contributed by atoms with van der Waals surface area (Å²) in [5.41, 5.74) is -1.54. The van der Waals surface area contributed by atoms with E-state index in [9.17, 15) is 19.5 Å². The minimum Gasteiger partial charge on any atom is -0.501 e. The molecule has 0 unspecified atom stereocenters. The third kappa shape index (κ3) is 4.56. The highest BCUT2D eigenvalue weighted by molar-refractivity contribution is 5.89. The number of carbonyl (C=O) groups excluding carboxylic acids is 2. The zero-order valence-electron chi connectivity index (χ0n) is 16.1. The molecule has 154 valence electrons. The second-order valence-electron chi connectivity index (χ2n) is 6.93. The number of nitrogens with zero attached hydrogens (tertiary/aromatic N) is 1. The molecular formula is C20H23N3O6. The van der Waals surface area contributed by atoms with E-state index >= 15 is 0 Å². The standard InChI is InChI=1S/C20H23N3O6/c1-28-17(26)14-15(24)16(25)22-18(21-14)20(10-6-3-7-11-20)23-19(27)29-12-13-8-4-2-5-9-13/h2,4-5,8-9,24H,3,6-7,10-12H2,1H3,(H,23,27)(H,21,22,25). The number of hydrogen-bond acceptors (Lipinski definition) is 7. The Morgan fingerprint density at radius 2 is 1.90 bits per heavy atom. The van der Waals surface area contributed by atoms with Crippen LogP contribution in [-0.4, -0.2) is 34.2 Å². The first-order valence-corrected chi connectivity index (χ1v) is 9.36. The van der Waals surface area contributed by atoms with Crippen LogP contribution in [0.1, 0.15) is 54.0 Å². The normalized spacial score (nSPS) is 15.3. The van der Waals surface area contributed by atoms with Crippen LogP contribution in [0.15, 0.2) is 35.1 Å². The monoisotopic (exact) mass is 401 g/mol. The molecule has 1 saturated carbocycles. The number of hydrogen-bond donors (Lipinski definition) is 3. The molecule has 9 nitrogen and oxygen atoms in total. The van der Waals surface area contributed by atoms with E-state index < -0.39 is 34.6 Å². The first-order valence-electron chi connectivity index (χ1n) is 9.36. The fourth-order valence-corrected chi connectivity index (χ4v) is 3.46. The first-order chi connectivity index (χ1) is 13.9. The maximum Gasteiger partial charge on any atom is 0.408 e. The van der Waals surface area contributed by atoms with Gasteiger partial charge in [-0.15, -0.1) is 0 Å². The van der Waals surface area contributed by atoms with Crippen molar-refractivity contribution in [2.75, 3.05) is 7.11 Å². The van der Waals surface area contributed by atoms with Crippen LogP contribution in [-0.2, 0) is 21.6 Å². The Morgan fingerprint density at radius 3 is 2.55 bits per heavy atom. The van der Waals surface area contributed by atoms with Crippen molar-refractivity contribution < 1.29 is 24.2 Å². The minimum absolute atomic E-state index is 0.0929. The summed E-state index contributed by atoms with van der Waals surface area (Å²) in [6.45, 7) is 0.0929. The van der Waals surface area contributed by atoms with Crippen molar-refractivity contribution in [1.82, 2.24) is 15.3 Å². The van der Waals surface area contributed by atoms with Gasteiger partial charge in [-0.25, -0.2) is 14.6 Å². The number of aromatic nitrogens is 2. The van der Waals surface area contributed by atoms with Gasteiger partial charge in [0.25, 0.3) is 5.56 Å². The number of H-pyrrole nitrogens is 1. The Kier molecular flexibility index (Phi) is 6.16. The van der Waals surface area contributed by atoms with Crippen LogP contribution in [0.5, 0.6) is 5.75 Å². The van der Waals surface area contributed by atoms with Crippen LogP contribution < -0.4 is 10.9 Å². The van der Waals surface area contributed by atoms with E-state index in [4.69, 9.17) is 4.74 Å². The van der Waals surface area contributed by atoms with E-state index in [0.29, 0.717) is 12.8 Å². The van der Waals surface area contributed by atoms with Gasteiger partial charge in [-0.2, -0.15) is 0 Å². The number of aromatic hydroxyl groups is 1. The van der Waals surface area contributed by atoms with Crippen molar-refractivity contribution in [3.63, 3.8) is 0 Å². The Hall–Kier alpha value is -3.36. The lowest BCUT2D eigenvalue weighted by molar-refractivity contribution is 0.0588. The number of benzene rings is 1. The smallest absolute Gasteiger partial charge is 0.408 e. The van der Waals surface area contributed by atoms with Gasteiger partial charge in [-0.05, 0) is 18.4 Å². The molecule has 1 aromatic carbocycles. The number of esters is 1. The predicted octanol–water partition coefficient (Wildman–Crippen LogP) is 2.35. The van der Waals surface area contributed by atoms with Crippen molar-refractivity contribution in [3.8, 4) is 5.75 Å². The van der Waals surface area contributed by atoms with Gasteiger partial charge in [-0.1, -0.05) is 49.6 Å². The molecule has 3 N–H and O–H groups in total. The zero-order chi connectivity index (χ0) is 20.9. The van der Waals surface area contributed by atoms with Crippen molar-refractivity contribution in [3.05, 3.63) is 57.8 Å². The molecule has 3 rings (SSSR count). The van der Waals surface area contributed by atoms with Crippen LogP contribution in [0.25, 0.3) is 0 Å². The molecule has 0 spiro atoms. The SMILES string of the molecule is COC(=O)c1nc(C2(NC(=O)OCc3ccccc3)CCCCC2)[nH]c(=O)c1O. The molecule has 1 aliphatic carbocycles. The van der Waals surface area contributed by atoms with Gasteiger partial charge >= 0.3 is 12.1 Å². The Morgan fingerprint density at radius 1 is 1.21 bits per heavy atom. The average molecular weight is 401 g/mol. The summed E-state index contributed by atoms with van der Waals surface area (Å²) >= 11 is 0. The van der Waals surface area contributed by atoms with Crippen LogP contribution in [0.4, 0.5) is 4.79 Å². The van der Waals surface area contributed by atoms with E-state index in [1.165, 1.54) is 0 Å². The fraction of sp³-hybridized carbons (Fsp3) is 0.400. The van der Waals surface area contributed by atoms with Crippen LogP contribution >= 0.6 is 0 Å². The Bertz CT molecular complexity index is 935. The van der Waals surface area contributed by atoms with Gasteiger partial charge in [0.15, 0.2) is 5.69 Å². The number of aromatic amines is 1. The summed E-state index contributed by atoms with van der Waals surface area (Å²) in [6.07, 6.45) is 2.89. The highest BCUT2D eigenvalue weighted by atomic mass is 16.5. The summed E-state index contributed by atoms with van der Waals surface area (Å²) in [5, 5.41) is 12.7. The summed E-state index contributed by atoms with van der Waals surface area (Å²) in [4.78, 5) is 43.2. The molecule has 0 atom stereocenters. The molecule has 0 bridgehead atoms. The molecule has 1 aliphatic rings. The summed E-state index contributed by atoms with van der Waals surface area (Å²) < 4.78 is 9.91. The van der Waals surface area contributed by atoms with E-state index in [1.807, 2.05) is 30.3 Å². The summed E-state index contributed by atoms with van der Waals surface area (Å²) in [6, 6.07) is 9.24. The van der Waals surface area contributed by atoms with Gasteiger partial charge in [-0.3, -0.25) is 4.79 Å². The van der Waals surface area contributed by atoms with E-state index in [-0.39, 0.29) is 12.4 Å². The Labute approximate surface area is 167 Å². The van der Waals surface area contributed by atoms with E-state index in [0.717, 1.165) is 31.9 Å². The molecule has 0 radical (unpaired) electrons. The quantitative estimate of drug-likeness (QED) is 0.656. The van der Waals surface area contributed by atoms with Gasteiger partial charge in [0, 0.05) is 0 Å². The second kappa shape index (κ2) is 8.76.